The Kier molecular flexibility index (Phi) is 5.78. The number of benzene rings is 5. The molecule has 0 aliphatic rings. The fraction of sp³-hybridized carbons (Fsp3) is 0.0571. The minimum atomic E-state index is -4.49. The first kappa shape index (κ1) is 24.9. The number of para-hydroxylation sites is 2. The van der Waals surface area contributed by atoms with Crippen LogP contribution in [0.2, 0.25) is 0 Å². The van der Waals surface area contributed by atoms with Gasteiger partial charge in [-0.1, -0.05) is 72.8 Å². The molecule has 0 radical (unpaired) electrons. The van der Waals surface area contributed by atoms with E-state index in [1.807, 2.05) is 60.7 Å². The highest BCUT2D eigenvalue weighted by molar-refractivity contribution is 5.98. The van der Waals surface area contributed by atoms with Gasteiger partial charge in [0.1, 0.15) is 17.7 Å². The van der Waals surface area contributed by atoms with E-state index in [0.717, 1.165) is 56.7 Å². The van der Waals surface area contributed by atoms with E-state index in [-0.39, 0.29) is 0 Å². The van der Waals surface area contributed by atoms with Crippen LogP contribution in [0.25, 0.3) is 61.3 Å². The van der Waals surface area contributed by atoms with Gasteiger partial charge in [-0.05, 0) is 66.1 Å². The summed E-state index contributed by atoms with van der Waals surface area (Å²) in [5.41, 5.74) is 7.65. The molecule has 41 heavy (non-hydrogen) atoms. The lowest BCUT2D eigenvalue weighted by atomic mass is 9.93. The molecule has 7 aromatic rings. The molecule has 2 heterocycles. The van der Waals surface area contributed by atoms with E-state index in [0.29, 0.717) is 22.4 Å². The van der Waals surface area contributed by atoms with Gasteiger partial charge < -0.3 is 4.42 Å². The summed E-state index contributed by atoms with van der Waals surface area (Å²) in [5.74, 6) is 0.502. The maximum atomic E-state index is 13.7. The molecule has 0 unspecified atom stereocenters. The first-order valence-corrected chi connectivity index (χ1v) is 13.2. The molecule has 0 aliphatic carbocycles. The monoisotopic (exact) mass is 544 g/mol. The molecule has 2 aromatic heterocycles. The Labute approximate surface area is 234 Å². The van der Waals surface area contributed by atoms with Crippen molar-refractivity contribution in [1.29, 1.82) is 0 Å². The molecular formula is C35H23F3N2O. The van der Waals surface area contributed by atoms with Crippen LogP contribution in [-0.4, -0.2) is 9.55 Å². The average Bonchev–Trinajstić information content (AvgIpc) is 3.58. The number of halogens is 3. The van der Waals surface area contributed by atoms with Crippen LogP contribution in [0, 0.1) is 6.92 Å². The molecule has 6 heteroatoms. The molecule has 3 nitrogen and oxygen atoms in total. The van der Waals surface area contributed by atoms with Gasteiger partial charge in [0.15, 0.2) is 0 Å². The van der Waals surface area contributed by atoms with E-state index in [1.54, 1.807) is 0 Å². The van der Waals surface area contributed by atoms with E-state index in [1.165, 1.54) is 12.3 Å². The summed E-state index contributed by atoms with van der Waals surface area (Å²) < 4.78 is 49.1. The molecule has 0 saturated heterocycles. The van der Waals surface area contributed by atoms with Gasteiger partial charge in [0, 0.05) is 16.5 Å². The Morgan fingerprint density at radius 3 is 1.93 bits per heavy atom. The van der Waals surface area contributed by atoms with E-state index in [4.69, 9.17) is 9.40 Å². The highest BCUT2D eigenvalue weighted by Gasteiger charge is 2.32. The number of alkyl halides is 3. The van der Waals surface area contributed by atoms with Gasteiger partial charge in [-0.25, -0.2) is 4.98 Å². The molecule has 0 atom stereocenters. The number of nitrogens with zero attached hydrogens (tertiary/aromatic N) is 2. The molecule has 5 aromatic carbocycles. The van der Waals surface area contributed by atoms with Crippen LogP contribution in [-0.2, 0) is 6.18 Å². The number of aryl methyl sites for hydroxylation is 1. The zero-order valence-corrected chi connectivity index (χ0v) is 22.0. The highest BCUT2D eigenvalue weighted by atomic mass is 19.4. The molecule has 0 amide bonds. The number of furan rings is 1. The van der Waals surface area contributed by atoms with Gasteiger partial charge in [0.05, 0.1) is 27.8 Å². The first-order valence-electron chi connectivity index (χ1n) is 13.2. The van der Waals surface area contributed by atoms with Crippen molar-refractivity contribution in [2.24, 2.45) is 0 Å². The Morgan fingerprint density at radius 2 is 1.29 bits per heavy atom. The third kappa shape index (κ3) is 4.28. The van der Waals surface area contributed by atoms with Crippen LogP contribution >= 0.6 is 0 Å². The normalized spacial score (nSPS) is 11.9. The van der Waals surface area contributed by atoms with Crippen molar-refractivity contribution in [3.63, 3.8) is 0 Å². The smallest absolute Gasteiger partial charge is 0.416 e. The second kappa shape index (κ2) is 9.52. The van der Waals surface area contributed by atoms with E-state index < -0.39 is 11.7 Å². The summed E-state index contributed by atoms with van der Waals surface area (Å²) in [6, 6.07) is 35.8. The van der Waals surface area contributed by atoms with Crippen molar-refractivity contribution in [2.45, 2.75) is 13.1 Å². The summed E-state index contributed by atoms with van der Waals surface area (Å²) in [6.45, 7) is 2.07. The summed E-state index contributed by atoms with van der Waals surface area (Å²) >= 11 is 0. The third-order valence-corrected chi connectivity index (χ3v) is 7.35. The number of imidazole rings is 1. The Morgan fingerprint density at radius 1 is 0.683 bits per heavy atom. The van der Waals surface area contributed by atoms with Crippen molar-refractivity contribution < 1.29 is 17.6 Å². The van der Waals surface area contributed by atoms with Crippen LogP contribution in [0.15, 0.2) is 126 Å². The van der Waals surface area contributed by atoms with Crippen molar-refractivity contribution >= 4 is 22.0 Å². The first-order chi connectivity index (χ1) is 19.9. The number of fused-ring (bicyclic) bond motifs is 2. The molecule has 7 rings (SSSR count). The van der Waals surface area contributed by atoms with Gasteiger partial charge in [-0.3, -0.25) is 4.57 Å². The molecule has 0 spiro atoms. The molecule has 0 bridgehead atoms. The van der Waals surface area contributed by atoms with Crippen LogP contribution < -0.4 is 0 Å². The van der Waals surface area contributed by atoms with Gasteiger partial charge in [0.25, 0.3) is 0 Å². The summed E-state index contributed by atoms with van der Waals surface area (Å²) in [7, 11) is 0. The molecular weight excluding hydrogens is 521 g/mol. The zero-order valence-electron chi connectivity index (χ0n) is 22.0. The van der Waals surface area contributed by atoms with E-state index in [2.05, 4.69) is 47.9 Å². The average molecular weight is 545 g/mol. The summed E-state index contributed by atoms with van der Waals surface area (Å²) in [4.78, 5) is 4.99. The second-order valence-corrected chi connectivity index (χ2v) is 10.1. The predicted molar refractivity (Wildman–Crippen MR) is 157 cm³/mol. The van der Waals surface area contributed by atoms with Crippen molar-refractivity contribution in [3.05, 3.63) is 133 Å². The highest BCUT2D eigenvalue weighted by Crippen LogP contribution is 2.43. The van der Waals surface area contributed by atoms with E-state index in [9.17, 15) is 13.2 Å². The number of rotatable bonds is 4. The van der Waals surface area contributed by atoms with Crippen molar-refractivity contribution in [1.82, 2.24) is 9.55 Å². The maximum Gasteiger partial charge on any atom is 0.416 e. The number of aromatic nitrogens is 2. The van der Waals surface area contributed by atoms with Crippen molar-refractivity contribution in [2.75, 3.05) is 0 Å². The number of hydrogen-bond donors (Lipinski definition) is 0. The molecule has 0 saturated carbocycles. The largest absolute Gasteiger partial charge is 0.464 e. The SMILES string of the molecule is Cc1cc(-c2ccccc2)c(-n2c(-c3coc4ccc(C(F)(F)F)cc34)nc3ccccc32)c(-c2ccccc2)c1. The summed E-state index contributed by atoms with van der Waals surface area (Å²) in [5, 5.41) is 0.353. The fourth-order valence-electron chi connectivity index (χ4n) is 5.51. The van der Waals surface area contributed by atoms with E-state index >= 15 is 0 Å². The van der Waals surface area contributed by atoms with Crippen LogP contribution in [0.5, 0.6) is 0 Å². The minimum Gasteiger partial charge on any atom is -0.464 e. The quantitative estimate of drug-likeness (QED) is 0.221. The van der Waals surface area contributed by atoms with Gasteiger partial charge in [-0.15, -0.1) is 0 Å². The van der Waals surface area contributed by atoms with Crippen LogP contribution in [0.1, 0.15) is 11.1 Å². The number of hydrogen-bond acceptors (Lipinski definition) is 2. The minimum absolute atomic E-state index is 0.353. The lowest BCUT2D eigenvalue weighted by Crippen LogP contribution is -2.05. The van der Waals surface area contributed by atoms with Crippen LogP contribution in [0.3, 0.4) is 0 Å². The Hall–Kier alpha value is -5.10. The Balaban J connectivity index is 1.62. The Bertz CT molecular complexity index is 1980. The standard InChI is InChI=1S/C35H23F3N2O/c1-22-18-26(23-10-4-2-5-11-23)33(27(19-22)24-12-6-3-7-13-24)40-31-15-9-8-14-30(31)39-34(40)29-21-41-32-17-16-25(20-28(29)32)35(36,37)38/h2-21H,1H3. The molecule has 0 aliphatic heterocycles. The lowest BCUT2D eigenvalue weighted by molar-refractivity contribution is -0.137. The zero-order chi connectivity index (χ0) is 28.1. The summed E-state index contributed by atoms with van der Waals surface area (Å²) in [6.07, 6.45) is -2.98. The van der Waals surface area contributed by atoms with Gasteiger partial charge >= 0.3 is 6.18 Å². The second-order valence-electron chi connectivity index (χ2n) is 10.1. The predicted octanol–water partition coefficient (Wildman–Crippen LogP) is 10.1. The van der Waals surface area contributed by atoms with Gasteiger partial charge in [-0.2, -0.15) is 13.2 Å². The molecule has 200 valence electrons. The molecule has 0 N–H and O–H groups in total. The van der Waals surface area contributed by atoms with Gasteiger partial charge in [0.2, 0.25) is 0 Å². The fourth-order valence-corrected chi connectivity index (χ4v) is 5.51. The topological polar surface area (TPSA) is 31.0 Å². The third-order valence-electron chi connectivity index (χ3n) is 7.35. The van der Waals surface area contributed by atoms with Crippen molar-refractivity contribution in [3.8, 4) is 39.3 Å². The maximum absolute atomic E-state index is 13.7. The van der Waals surface area contributed by atoms with Crippen LogP contribution in [0.4, 0.5) is 13.2 Å². The lowest BCUT2D eigenvalue weighted by Gasteiger charge is -2.20. The molecule has 0 fully saturated rings.